The summed E-state index contributed by atoms with van der Waals surface area (Å²) in [6.07, 6.45) is -0.484. The number of hydrogen-bond acceptors (Lipinski definition) is 5. The maximum Gasteiger partial charge on any atom is 0.319 e. The normalized spacial score (nSPS) is 11.3. The molecule has 0 aliphatic heterocycles. The highest BCUT2D eigenvalue weighted by Gasteiger charge is 2.08. The third-order valence-electron chi connectivity index (χ3n) is 3.73. The average Bonchev–Trinajstić information content (AvgIpc) is 2.69. The minimum Gasteiger partial charge on any atom is -0.497 e. The van der Waals surface area contributed by atoms with Gasteiger partial charge in [0.25, 0.3) is 0 Å². The molecule has 1 unspecified atom stereocenters. The maximum atomic E-state index is 11.8. The standard InChI is InChI=1S/C20H23N3O4/c1-26-19-8-4-16(5-9-19)13-27-14-18(24)12-22-20(25)23-17-6-2-15(3-7-17)10-11-21/h2-9,18,24H,10,12-14H2,1H3,(H2,22,23,25). The summed E-state index contributed by atoms with van der Waals surface area (Å²) in [5.41, 5.74) is 2.46. The van der Waals surface area contributed by atoms with Gasteiger partial charge < -0.3 is 25.2 Å². The lowest BCUT2D eigenvalue weighted by atomic mass is 10.1. The predicted octanol–water partition coefficient (Wildman–Crippen LogP) is 2.46. The third-order valence-corrected chi connectivity index (χ3v) is 3.73. The number of hydrogen-bond donors (Lipinski definition) is 3. The van der Waals surface area contributed by atoms with E-state index in [0.29, 0.717) is 18.7 Å². The topological polar surface area (TPSA) is 104 Å². The summed E-state index contributed by atoms with van der Waals surface area (Å²) in [4.78, 5) is 11.8. The summed E-state index contributed by atoms with van der Waals surface area (Å²) < 4.78 is 10.5. The molecule has 0 spiro atoms. The summed E-state index contributed by atoms with van der Waals surface area (Å²) in [5, 5.41) is 23.8. The molecule has 0 aliphatic rings. The summed E-state index contributed by atoms with van der Waals surface area (Å²) >= 11 is 0. The summed E-state index contributed by atoms with van der Waals surface area (Å²) in [5.74, 6) is 0.772. The SMILES string of the molecule is COc1ccc(COCC(O)CNC(=O)Nc2ccc(CC#N)cc2)cc1. The van der Waals surface area contributed by atoms with E-state index in [2.05, 4.69) is 16.7 Å². The Morgan fingerprint density at radius 2 is 1.81 bits per heavy atom. The number of ether oxygens (including phenoxy) is 2. The molecule has 2 aromatic carbocycles. The highest BCUT2D eigenvalue weighted by Crippen LogP contribution is 2.12. The van der Waals surface area contributed by atoms with Gasteiger partial charge in [-0.05, 0) is 35.4 Å². The van der Waals surface area contributed by atoms with Crippen molar-refractivity contribution in [3.8, 4) is 11.8 Å². The number of amides is 2. The van der Waals surface area contributed by atoms with Crippen molar-refractivity contribution in [2.75, 3.05) is 25.6 Å². The fourth-order valence-corrected chi connectivity index (χ4v) is 2.28. The molecular weight excluding hydrogens is 346 g/mol. The quantitative estimate of drug-likeness (QED) is 0.630. The largest absolute Gasteiger partial charge is 0.497 e. The second-order valence-electron chi connectivity index (χ2n) is 5.88. The minimum absolute atomic E-state index is 0.0704. The molecule has 0 saturated heterocycles. The molecule has 7 nitrogen and oxygen atoms in total. The van der Waals surface area contributed by atoms with Crippen LogP contribution in [-0.2, 0) is 17.8 Å². The first kappa shape index (κ1) is 20.2. The molecule has 1 atom stereocenters. The molecule has 0 bridgehead atoms. The molecule has 0 fully saturated rings. The average molecular weight is 369 g/mol. The van der Waals surface area contributed by atoms with Gasteiger partial charge in [-0.25, -0.2) is 4.79 Å². The first-order valence-electron chi connectivity index (χ1n) is 8.50. The maximum absolute atomic E-state index is 11.8. The lowest BCUT2D eigenvalue weighted by molar-refractivity contribution is 0.0302. The Kier molecular flexibility index (Phi) is 8.10. The van der Waals surface area contributed by atoms with Crippen LogP contribution in [0.3, 0.4) is 0 Å². The molecule has 2 aromatic rings. The van der Waals surface area contributed by atoms with Crippen LogP contribution in [0.5, 0.6) is 5.75 Å². The number of methoxy groups -OCH3 is 1. The zero-order valence-corrected chi connectivity index (χ0v) is 15.1. The molecule has 0 aliphatic carbocycles. The Labute approximate surface area is 158 Å². The first-order chi connectivity index (χ1) is 13.1. The van der Waals surface area contributed by atoms with Gasteiger partial charge in [0.1, 0.15) is 5.75 Å². The van der Waals surface area contributed by atoms with Crippen molar-refractivity contribution in [2.45, 2.75) is 19.1 Å². The Balaban J connectivity index is 1.64. The minimum atomic E-state index is -0.813. The van der Waals surface area contributed by atoms with Crippen LogP contribution >= 0.6 is 0 Å². The Hall–Kier alpha value is -3.08. The van der Waals surface area contributed by atoms with Crippen LogP contribution in [0.2, 0.25) is 0 Å². The van der Waals surface area contributed by atoms with E-state index in [0.717, 1.165) is 16.9 Å². The van der Waals surface area contributed by atoms with Crippen LogP contribution in [0.1, 0.15) is 11.1 Å². The van der Waals surface area contributed by atoms with Gasteiger partial charge in [0, 0.05) is 12.2 Å². The van der Waals surface area contributed by atoms with Crippen molar-refractivity contribution in [1.82, 2.24) is 5.32 Å². The monoisotopic (exact) mass is 369 g/mol. The molecular formula is C20H23N3O4. The Morgan fingerprint density at radius 1 is 1.15 bits per heavy atom. The Bertz CT molecular complexity index is 754. The Morgan fingerprint density at radius 3 is 2.44 bits per heavy atom. The van der Waals surface area contributed by atoms with Gasteiger partial charge in [0.15, 0.2) is 0 Å². The van der Waals surface area contributed by atoms with E-state index in [-0.39, 0.29) is 13.2 Å². The molecule has 0 saturated carbocycles. The first-order valence-corrected chi connectivity index (χ1v) is 8.50. The third kappa shape index (κ3) is 7.36. The number of rotatable bonds is 9. The van der Waals surface area contributed by atoms with E-state index >= 15 is 0 Å². The van der Waals surface area contributed by atoms with Gasteiger partial charge in [-0.2, -0.15) is 5.26 Å². The van der Waals surface area contributed by atoms with Crippen LogP contribution in [0, 0.1) is 11.3 Å². The summed E-state index contributed by atoms with van der Waals surface area (Å²) in [6.45, 7) is 0.540. The van der Waals surface area contributed by atoms with E-state index in [9.17, 15) is 9.90 Å². The van der Waals surface area contributed by atoms with Crippen molar-refractivity contribution in [1.29, 1.82) is 5.26 Å². The number of aliphatic hydroxyl groups is 1. The second-order valence-corrected chi connectivity index (χ2v) is 5.88. The predicted molar refractivity (Wildman–Crippen MR) is 101 cm³/mol. The fraction of sp³-hybridized carbons (Fsp3) is 0.300. The van der Waals surface area contributed by atoms with Crippen LogP contribution in [0.15, 0.2) is 48.5 Å². The molecule has 2 rings (SSSR count). The summed E-state index contributed by atoms with van der Waals surface area (Å²) in [6, 6.07) is 16.1. The molecule has 27 heavy (non-hydrogen) atoms. The number of anilines is 1. The van der Waals surface area contributed by atoms with Gasteiger partial charge in [-0.3, -0.25) is 0 Å². The molecule has 142 valence electrons. The fourth-order valence-electron chi connectivity index (χ4n) is 2.28. The van der Waals surface area contributed by atoms with Gasteiger partial charge in [-0.1, -0.05) is 24.3 Å². The second kappa shape index (κ2) is 10.8. The van der Waals surface area contributed by atoms with E-state index in [1.54, 1.807) is 31.4 Å². The molecule has 0 aromatic heterocycles. The molecule has 0 heterocycles. The van der Waals surface area contributed by atoms with Gasteiger partial charge in [0.05, 0.1) is 38.9 Å². The molecule has 7 heteroatoms. The lowest BCUT2D eigenvalue weighted by Gasteiger charge is -2.13. The summed E-state index contributed by atoms with van der Waals surface area (Å²) in [7, 11) is 1.61. The van der Waals surface area contributed by atoms with E-state index in [1.807, 2.05) is 24.3 Å². The van der Waals surface area contributed by atoms with Crippen LogP contribution in [0.4, 0.5) is 10.5 Å². The number of carbonyl (C=O) groups excluding carboxylic acids is 1. The number of nitriles is 1. The van der Waals surface area contributed by atoms with Crippen LogP contribution < -0.4 is 15.4 Å². The number of nitrogens with zero attached hydrogens (tertiary/aromatic N) is 1. The smallest absolute Gasteiger partial charge is 0.319 e. The van der Waals surface area contributed by atoms with Gasteiger partial charge >= 0.3 is 6.03 Å². The highest BCUT2D eigenvalue weighted by atomic mass is 16.5. The van der Waals surface area contributed by atoms with Crippen molar-refractivity contribution in [3.05, 3.63) is 59.7 Å². The number of nitrogens with one attached hydrogen (secondary N) is 2. The lowest BCUT2D eigenvalue weighted by Crippen LogP contribution is -2.37. The van der Waals surface area contributed by atoms with Crippen LogP contribution in [-0.4, -0.2) is 37.5 Å². The van der Waals surface area contributed by atoms with Gasteiger partial charge in [-0.15, -0.1) is 0 Å². The number of aliphatic hydroxyl groups excluding tert-OH is 1. The number of carbonyl (C=O) groups is 1. The van der Waals surface area contributed by atoms with Crippen molar-refractivity contribution in [3.63, 3.8) is 0 Å². The number of urea groups is 1. The highest BCUT2D eigenvalue weighted by molar-refractivity contribution is 5.89. The van der Waals surface area contributed by atoms with Crippen molar-refractivity contribution >= 4 is 11.7 Å². The zero-order chi connectivity index (χ0) is 19.5. The molecule has 2 amide bonds. The van der Waals surface area contributed by atoms with E-state index < -0.39 is 12.1 Å². The van der Waals surface area contributed by atoms with Crippen molar-refractivity contribution < 1.29 is 19.4 Å². The van der Waals surface area contributed by atoms with Crippen molar-refractivity contribution in [2.24, 2.45) is 0 Å². The van der Waals surface area contributed by atoms with Gasteiger partial charge in [0.2, 0.25) is 0 Å². The van der Waals surface area contributed by atoms with E-state index in [1.165, 1.54) is 0 Å². The van der Waals surface area contributed by atoms with E-state index in [4.69, 9.17) is 14.7 Å². The molecule has 3 N–H and O–H groups in total. The number of benzene rings is 2. The van der Waals surface area contributed by atoms with Crippen LogP contribution in [0.25, 0.3) is 0 Å². The zero-order valence-electron chi connectivity index (χ0n) is 15.1. The molecule has 0 radical (unpaired) electrons.